The van der Waals surface area contributed by atoms with Crippen LogP contribution in [0.15, 0.2) is 42.7 Å². The number of nitrogens with one attached hydrogen (secondary N) is 1. The van der Waals surface area contributed by atoms with Gasteiger partial charge in [0.05, 0.1) is 12.1 Å². The van der Waals surface area contributed by atoms with E-state index in [0.717, 1.165) is 24.9 Å². The number of carbonyl (C=O) groups excluding carboxylic acids is 2. The van der Waals surface area contributed by atoms with Crippen molar-refractivity contribution >= 4 is 11.8 Å². The zero-order valence-corrected chi connectivity index (χ0v) is 15.9. The number of aryl methyl sites for hydroxylation is 2. The largest absolute Gasteiger partial charge is 0.352 e. The van der Waals surface area contributed by atoms with Crippen LogP contribution in [0.3, 0.4) is 0 Å². The lowest BCUT2D eigenvalue weighted by Crippen LogP contribution is -2.46. The highest BCUT2D eigenvalue weighted by Gasteiger charge is 2.29. The second-order valence-electron chi connectivity index (χ2n) is 7.09. The Balaban J connectivity index is 1.45. The van der Waals surface area contributed by atoms with Crippen LogP contribution in [0.2, 0.25) is 0 Å². The molecule has 144 valence electrons. The van der Waals surface area contributed by atoms with Crippen LogP contribution in [-0.4, -0.2) is 39.6 Å². The number of nitrogens with zero attached hydrogens (tertiary/aromatic N) is 3. The molecular formula is C21H28N4O2. The maximum Gasteiger partial charge on any atom is 0.225 e. The molecule has 1 fully saturated rings. The fraction of sp³-hybridized carbons (Fsp3) is 0.476. The van der Waals surface area contributed by atoms with Gasteiger partial charge in [-0.25, -0.2) is 0 Å². The van der Waals surface area contributed by atoms with Crippen LogP contribution in [0, 0.1) is 5.92 Å². The highest BCUT2D eigenvalue weighted by Crippen LogP contribution is 2.19. The number of hydrogen-bond acceptors (Lipinski definition) is 3. The molecule has 1 saturated heterocycles. The van der Waals surface area contributed by atoms with Crippen molar-refractivity contribution < 1.29 is 9.59 Å². The van der Waals surface area contributed by atoms with Crippen LogP contribution in [0.4, 0.5) is 0 Å². The lowest BCUT2D eigenvalue weighted by molar-refractivity contribution is -0.138. The summed E-state index contributed by atoms with van der Waals surface area (Å²) in [6.07, 6.45) is 6.68. The quantitative estimate of drug-likeness (QED) is 0.778. The standard InChI is InChI=1S/C21H28N4O2/c1-2-25-15-18(14-23-25)13-22-21(27)19-10-11-20(26)24(16-19)12-6-9-17-7-4-3-5-8-17/h3-5,7-8,14-15,19H,2,6,9-13,16H2,1H3,(H,22,27)/t19-/m1/s1. The molecule has 1 aliphatic heterocycles. The number of hydrogen-bond donors (Lipinski definition) is 1. The third kappa shape index (κ3) is 5.42. The number of likely N-dealkylation sites (tertiary alicyclic amines) is 1. The van der Waals surface area contributed by atoms with E-state index in [0.29, 0.717) is 32.5 Å². The van der Waals surface area contributed by atoms with E-state index in [1.807, 2.05) is 40.9 Å². The van der Waals surface area contributed by atoms with E-state index < -0.39 is 0 Å². The first-order valence-electron chi connectivity index (χ1n) is 9.76. The summed E-state index contributed by atoms with van der Waals surface area (Å²) in [5.74, 6) is 0.0665. The third-order valence-corrected chi connectivity index (χ3v) is 5.08. The summed E-state index contributed by atoms with van der Waals surface area (Å²) >= 11 is 0. The van der Waals surface area contributed by atoms with Gasteiger partial charge in [0.1, 0.15) is 0 Å². The lowest BCUT2D eigenvalue weighted by atomic mass is 9.96. The molecule has 0 aliphatic carbocycles. The molecule has 2 aromatic rings. The van der Waals surface area contributed by atoms with Crippen molar-refractivity contribution in [1.82, 2.24) is 20.0 Å². The molecule has 0 spiro atoms. The summed E-state index contributed by atoms with van der Waals surface area (Å²) < 4.78 is 1.84. The van der Waals surface area contributed by atoms with Gasteiger partial charge in [-0.2, -0.15) is 5.10 Å². The summed E-state index contributed by atoms with van der Waals surface area (Å²) in [5, 5.41) is 7.21. The average molecular weight is 368 g/mol. The van der Waals surface area contributed by atoms with Gasteiger partial charge in [0.2, 0.25) is 11.8 Å². The zero-order chi connectivity index (χ0) is 19.1. The molecule has 3 rings (SSSR count). The van der Waals surface area contributed by atoms with E-state index in [1.54, 1.807) is 6.20 Å². The van der Waals surface area contributed by atoms with Crippen molar-refractivity contribution in [3.05, 3.63) is 53.9 Å². The molecule has 2 amide bonds. The molecule has 2 heterocycles. The Morgan fingerprint density at radius 3 is 2.81 bits per heavy atom. The van der Waals surface area contributed by atoms with Gasteiger partial charge in [-0.1, -0.05) is 30.3 Å². The molecular weight excluding hydrogens is 340 g/mol. The lowest BCUT2D eigenvalue weighted by Gasteiger charge is -2.32. The molecule has 6 heteroatoms. The third-order valence-electron chi connectivity index (χ3n) is 5.08. The minimum Gasteiger partial charge on any atom is -0.352 e. The summed E-state index contributed by atoms with van der Waals surface area (Å²) in [7, 11) is 0. The van der Waals surface area contributed by atoms with Crippen LogP contribution in [0.5, 0.6) is 0 Å². The van der Waals surface area contributed by atoms with Gasteiger partial charge in [0, 0.05) is 44.4 Å². The van der Waals surface area contributed by atoms with E-state index in [-0.39, 0.29) is 17.7 Å². The zero-order valence-electron chi connectivity index (χ0n) is 15.9. The van der Waals surface area contributed by atoms with Gasteiger partial charge < -0.3 is 10.2 Å². The van der Waals surface area contributed by atoms with Crippen LogP contribution < -0.4 is 5.32 Å². The minimum absolute atomic E-state index is 0.0276. The molecule has 0 saturated carbocycles. The van der Waals surface area contributed by atoms with E-state index in [2.05, 4.69) is 22.5 Å². The molecule has 1 aliphatic rings. The number of rotatable bonds is 8. The fourth-order valence-electron chi connectivity index (χ4n) is 3.47. The van der Waals surface area contributed by atoms with Crippen molar-refractivity contribution in [1.29, 1.82) is 0 Å². The average Bonchev–Trinajstić information content (AvgIpc) is 3.16. The van der Waals surface area contributed by atoms with E-state index in [1.165, 1.54) is 5.56 Å². The Morgan fingerprint density at radius 2 is 2.07 bits per heavy atom. The summed E-state index contributed by atoms with van der Waals surface area (Å²) in [6, 6.07) is 10.3. The van der Waals surface area contributed by atoms with E-state index in [4.69, 9.17) is 0 Å². The molecule has 0 radical (unpaired) electrons. The number of benzene rings is 1. The first-order chi connectivity index (χ1) is 13.2. The summed E-state index contributed by atoms with van der Waals surface area (Å²) in [5.41, 5.74) is 2.28. The van der Waals surface area contributed by atoms with Crippen LogP contribution in [0.25, 0.3) is 0 Å². The Kier molecular flexibility index (Phi) is 6.63. The van der Waals surface area contributed by atoms with Gasteiger partial charge in [0.25, 0.3) is 0 Å². The SMILES string of the molecule is CCn1cc(CNC(=O)[C@@H]2CCC(=O)N(CCCc3ccccc3)C2)cn1. The van der Waals surface area contributed by atoms with Crippen LogP contribution in [-0.2, 0) is 29.1 Å². The van der Waals surface area contributed by atoms with Gasteiger partial charge >= 0.3 is 0 Å². The molecule has 0 unspecified atom stereocenters. The monoisotopic (exact) mass is 368 g/mol. The van der Waals surface area contributed by atoms with Crippen LogP contribution in [0.1, 0.15) is 37.3 Å². The Labute approximate surface area is 160 Å². The highest BCUT2D eigenvalue weighted by atomic mass is 16.2. The van der Waals surface area contributed by atoms with Crippen molar-refractivity contribution in [2.24, 2.45) is 5.92 Å². The Hall–Kier alpha value is -2.63. The smallest absolute Gasteiger partial charge is 0.225 e. The molecule has 1 aromatic carbocycles. The number of amides is 2. The number of piperidine rings is 1. The highest BCUT2D eigenvalue weighted by molar-refractivity contribution is 5.83. The van der Waals surface area contributed by atoms with E-state index in [9.17, 15) is 9.59 Å². The number of aromatic nitrogens is 2. The topological polar surface area (TPSA) is 67.2 Å². The first-order valence-corrected chi connectivity index (χ1v) is 9.76. The minimum atomic E-state index is -0.124. The van der Waals surface area contributed by atoms with Crippen molar-refractivity contribution in [2.75, 3.05) is 13.1 Å². The normalized spacial score (nSPS) is 17.1. The van der Waals surface area contributed by atoms with Gasteiger partial charge in [-0.15, -0.1) is 0 Å². The Morgan fingerprint density at radius 1 is 1.26 bits per heavy atom. The summed E-state index contributed by atoms with van der Waals surface area (Å²) in [4.78, 5) is 26.6. The summed E-state index contributed by atoms with van der Waals surface area (Å²) in [6.45, 7) is 4.56. The predicted octanol–water partition coefficient (Wildman–Crippen LogP) is 2.39. The van der Waals surface area contributed by atoms with E-state index >= 15 is 0 Å². The van der Waals surface area contributed by atoms with Crippen molar-refractivity contribution in [3.8, 4) is 0 Å². The van der Waals surface area contributed by atoms with Gasteiger partial charge in [0.15, 0.2) is 0 Å². The van der Waals surface area contributed by atoms with Crippen LogP contribution >= 0.6 is 0 Å². The molecule has 6 nitrogen and oxygen atoms in total. The molecule has 1 aromatic heterocycles. The second kappa shape index (κ2) is 9.35. The maximum atomic E-state index is 12.5. The van der Waals surface area contributed by atoms with Gasteiger partial charge in [-0.05, 0) is 31.7 Å². The molecule has 27 heavy (non-hydrogen) atoms. The maximum absolute atomic E-state index is 12.5. The molecule has 0 bridgehead atoms. The first kappa shape index (κ1) is 19.1. The van der Waals surface area contributed by atoms with Crippen molar-refractivity contribution in [2.45, 2.75) is 45.7 Å². The predicted molar refractivity (Wildman–Crippen MR) is 104 cm³/mol. The Bertz CT molecular complexity index is 757. The van der Waals surface area contributed by atoms with Crippen molar-refractivity contribution in [3.63, 3.8) is 0 Å². The second-order valence-corrected chi connectivity index (χ2v) is 7.09. The fourth-order valence-corrected chi connectivity index (χ4v) is 3.47. The number of carbonyl (C=O) groups is 2. The molecule has 1 N–H and O–H groups in total. The molecule has 1 atom stereocenters. The van der Waals surface area contributed by atoms with Gasteiger partial charge in [-0.3, -0.25) is 14.3 Å².